The van der Waals surface area contributed by atoms with Gasteiger partial charge >= 0.3 is 5.97 Å². The molecule has 1 aliphatic carbocycles. The number of rotatable bonds is 9. The third-order valence-corrected chi connectivity index (χ3v) is 4.84. The van der Waals surface area contributed by atoms with Gasteiger partial charge in [-0.3, -0.25) is 14.5 Å². The van der Waals surface area contributed by atoms with Crippen LogP contribution in [0.25, 0.3) is 0 Å². The van der Waals surface area contributed by atoms with Gasteiger partial charge in [0, 0.05) is 12.0 Å². The zero-order valence-corrected chi connectivity index (χ0v) is 14.5. The Bertz CT molecular complexity index is 539. The van der Waals surface area contributed by atoms with Crippen LogP contribution in [-0.4, -0.2) is 48.1 Å². The lowest BCUT2D eigenvalue weighted by molar-refractivity contribution is -0.138. The van der Waals surface area contributed by atoms with Gasteiger partial charge in [0.1, 0.15) is 0 Å². The van der Waals surface area contributed by atoms with Crippen molar-refractivity contribution >= 4 is 11.9 Å². The quantitative estimate of drug-likeness (QED) is 0.728. The van der Waals surface area contributed by atoms with E-state index in [4.69, 9.17) is 5.11 Å². The number of benzene rings is 1. The van der Waals surface area contributed by atoms with Crippen LogP contribution in [0.4, 0.5) is 0 Å². The van der Waals surface area contributed by atoms with Crippen molar-refractivity contribution < 1.29 is 14.7 Å². The molecular formula is C19H28N2O3. The summed E-state index contributed by atoms with van der Waals surface area (Å²) in [6, 6.07) is 10.4. The Balaban J connectivity index is 1.94. The van der Waals surface area contributed by atoms with Crippen LogP contribution in [0.15, 0.2) is 30.3 Å². The van der Waals surface area contributed by atoms with E-state index >= 15 is 0 Å². The topological polar surface area (TPSA) is 69.6 Å². The maximum atomic E-state index is 12.3. The molecule has 0 saturated heterocycles. The van der Waals surface area contributed by atoms with E-state index in [0.29, 0.717) is 13.1 Å². The minimum Gasteiger partial charge on any atom is -0.480 e. The van der Waals surface area contributed by atoms with Crippen molar-refractivity contribution in [1.82, 2.24) is 10.2 Å². The summed E-state index contributed by atoms with van der Waals surface area (Å²) in [7, 11) is 0. The number of carboxylic acids is 1. The van der Waals surface area contributed by atoms with Crippen LogP contribution in [0.1, 0.15) is 44.6 Å². The minimum atomic E-state index is -0.896. The van der Waals surface area contributed by atoms with Crippen LogP contribution in [0.5, 0.6) is 0 Å². The molecule has 5 nitrogen and oxygen atoms in total. The number of amides is 1. The fraction of sp³-hybridized carbons (Fsp3) is 0.579. The van der Waals surface area contributed by atoms with E-state index in [-0.39, 0.29) is 24.4 Å². The van der Waals surface area contributed by atoms with E-state index in [9.17, 15) is 9.59 Å². The molecule has 0 heterocycles. The first-order chi connectivity index (χ1) is 11.6. The Morgan fingerprint density at radius 2 is 1.83 bits per heavy atom. The first-order valence-electron chi connectivity index (χ1n) is 8.82. The maximum Gasteiger partial charge on any atom is 0.317 e. The van der Waals surface area contributed by atoms with Gasteiger partial charge in [-0.05, 0) is 31.4 Å². The third-order valence-electron chi connectivity index (χ3n) is 4.84. The molecule has 24 heavy (non-hydrogen) atoms. The fourth-order valence-corrected chi connectivity index (χ4v) is 3.66. The van der Waals surface area contributed by atoms with E-state index in [1.807, 2.05) is 25.1 Å². The number of hydrogen-bond donors (Lipinski definition) is 2. The van der Waals surface area contributed by atoms with Crippen molar-refractivity contribution in [3.8, 4) is 0 Å². The second-order valence-electron chi connectivity index (χ2n) is 6.73. The van der Waals surface area contributed by atoms with Crippen molar-refractivity contribution in [2.45, 2.75) is 44.4 Å². The molecule has 0 spiro atoms. The van der Waals surface area contributed by atoms with Crippen molar-refractivity contribution in [1.29, 1.82) is 0 Å². The predicted octanol–water partition coefficient (Wildman–Crippen LogP) is 2.41. The number of nitrogens with zero attached hydrogens (tertiary/aromatic N) is 1. The number of carbonyl (C=O) groups is 2. The average molecular weight is 332 g/mol. The summed E-state index contributed by atoms with van der Waals surface area (Å²) < 4.78 is 0. The first kappa shape index (κ1) is 18.5. The van der Waals surface area contributed by atoms with E-state index < -0.39 is 5.97 Å². The Morgan fingerprint density at radius 1 is 1.17 bits per heavy atom. The molecule has 0 atom stereocenters. The van der Waals surface area contributed by atoms with Crippen molar-refractivity contribution in [2.24, 2.45) is 0 Å². The Morgan fingerprint density at radius 3 is 2.42 bits per heavy atom. The smallest absolute Gasteiger partial charge is 0.317 e. The Kier molecular flexibility index (Phi) is 6.79. The molecule has 0 radical (unpaired) electrons. The molecule has 2 rings (SSSR count). The number of aliphatic carboxylic acids is 1. The summed E-state index contributed by atoms with van der Waals surface area (Å²) >= 11 is 0. The molecule has 1 aromatic rings. The number of nitrogens with one attached hydrogen (secondary N) is 1. The molecular weight excluding hydrogens is 304 g/mol. The van der Waals surface area contributed by atoms with Gasteiger partial charge in [-0.15, -0.1) is 0 Å². The maximum absolute atomic E-state index is 12.3. The van der Waals surface area contributed by atoms with Gasteiger partial charge < -0.3 is 10.4 Å². The largest absolute Gasteiger partial charge is 0.480 e. The van der Waals surface area contributed by atoms with Crippen LogP contribution in [0.2, 0.25) is 0 Å². The van der Waals surface area contributed by atoms with E-state index in [1.54, 1.807) is 4.90 Å². The summed E-state index contributed by atoms with van der Waals surface area (Å²) in [5.41, 5.74) is 1.32. The number of carboxylic acid groups (broad SMARTS) is 1. The van der Waals surface area contributed by atoms with Gasteiger partial charge in [0.15, 0.2) is 0 Å². The Hall–Kier alpha value is -1.88. The highest BCUT2D eigenvalue weighted by molar-refractivity contribution is 5.79. The van der Waals surface area contributed by atoms with Gasteiger partial charge in [-0.1, -0.05) is 50.1 Å². The minimum absolute atomic E-state index is 0.0271. The lowest BCUT2D eigenvalue weighted by atomic mass is 9.79. The SMILES string of the molecule is CCCN(CC(=O)O)CC(=O)NCC1(c2ccccc2)CCCC1. The predicted molar refractivity (Wildman–Crippen MR) is 94.0 cm³/mol. The standard InChI is InChI=1S/C19H28N2O3/c1-2-12-21(14-18(23)24)13-17(22)20-15-19(10-6-7-11-19)16-8-4-3-5-9-16/h3-5,8-9H,2,6-7,10-15H2,1H3,(H,20,22)(H,23,24). The van der Waals surface area contributed by atoms with Crippen molar-refractivity contribution in [3.05, 3.63) is 35.9 Å². The summed E-state index contributed by atoms with van der Waals surface area (Å²) in [6.07, 6.45) is 5.38. The van der Waals surface area contributed by atoms with Crippen LogP contribution >= 0.6 is 0 Å². The lowest BCUT2D eigenvalue weighted by Crippen LogP contribution is -2.44. The normalized spacial score (nSPS) is 16.2. The first-order valence-corrected chi connectivity index (χ1v) is 8.82. The van der Waals surface area contributed by atoms with Crippen LogP contribution in [0, 0.1) is 0 Å². The highest BCUT2D eigenvalue weighted by Gasteiger charge is 2.35. The summed E-state index contributed by atoms with van der Waals surface area (Å²) in [6.45, 7) is 3.28. The molecule has 0 aromatic heterocycles. The number of hydrogen-bond acceptors (Lipinski definition) is 3. The van der Waals surface area contributed by atoms with Gasteiger partial charge in [-0.2, -0.15) is 0 Å². The highest BCUT2D eigenvalue weighted by atomic mass is 16.4. The Labute approximate surface area is 144 Å². The molecule has 132 valence electrons. The van der Waals surface area contributed by atoms with Gasteiger partial charge in [0.25, 0.3) is 0 Å². The summed E-state index contributed by atoms with van der Waals surface area (Å²) in [5, 5.41) is 12.0. The third kappa shape index (κ3) is 5.06. The van der Waals surface area contributed by atoms with Gasteiger partial charge in [-0.25, -0.2) is 0 Å². The molecule has 1 fully saturated rings. The van der Waals surface area contributed by atoms with Gasteiger partial charge in [0.2, 0.25) is 5.91 Å². The zero-order chi connectivity index (χ0) is 17.4. The molecule has 1 aromatic carbocycles. The van der Waals surface area contributed by atoms with Crippen LogP contribution in [-0.2, 0) is 15.0 Å². The number of carbonyl (C=O) groups excluding carboxylic acids is 1. The van der Waals surface area contributed by atoms with Crippen molar-refractivity contribution in [3.63, 3.8) is 0 Å². The lowest BCUT2D eigenvalue weighted by Gasteiger charge is -2.30. The molecule has 1 saturated carbocycles. The molecule has 5 heteroatoms. The molecule has 1 amide bonds. The molecule has 0 unspecified atom stereocenters. The van der Waals surface area contributed by atoms with Crippen LogP contribution < -0.4 is 5.32 Å². The van der Waals surface area contributed by atoms with Gasteiger partial charge in [0.05, 0.1) is 13.1 Å². The van der Waals surface area contributed by atoms with Crippen LogP contribution in [0.3, 0.4) is 0 Å². The molecule has 2 N–H and O–H groups in total. The second-order valence-corrected chi connectivity index (χ2v) is 6.73. The second kappa shape index (κ2) is 8.83. The fourth-order valence-electron chi connectivity index (χ4n) is 3.66. The van der Waals surface area contributed by atoms with E-state index in [2.05, 4.69) is 17.4 Å². The van der Waals surface area contributed by atoms with Crippen molar-refractivity contribution in [2.75, 3.05) is 26.2 Å². The average Bonchev–Trinajstić information content (AvgIpc) is 3.04. The zero-order valence-electron chi connectivity index (χ0n) is 14.5. The summed E-state index contributed by atoms with van der Waals surface area (Å²) in [4.78, 5) is 24.9. The van der Waals surface area contributed by atoms with E-state index in [0.717, 1.165) is 19.3 Å². The summed E-state index contributed by atoms with van der Waals surface area (Å²) in [5.74, 6) is -0.986. The van der Waals surface area contributed by atoms with E-state index in [1.165, 1.54) is 18.4 Å². The molecule has 0 bridgehead atoms. The molecule has 1 aliphatic rings. The molecule has 0 aliphatic heterocycles. The highest BCUT2D eigenvalue weighted by Crippen LogP contribution is 2.40. The monoisotopic (exact) mass is 332 g/mol.